The Kier molecular flexibility index (Phi) is 9.41. The lowest BCUT2D eigenvalue weighted by Gasteiger charge is -2.41. The van der Waals surface area contributed by atoms with E-state index in [1.54, 1.807) is 0 Å². The zero-order valence-electron chi connectivity index (χ0n) is 24.2. The molecule has 1 atom stereocenters. The van der Waals surface area contributed by atoms with Gasteiger partial charge in [0.15, 0.2) is 0 Å². The van der Waals surface area contributed by atoms with E-state index in [2.05, 4.69) is 42.5 Å². The smallest absolute Gasteiger partial charge is 0.303 e. The molecule has 1 aliphatic carbocycles. The zero-order chi connectivity index (χ0) is 29.7. The molecule has 42 heavy (non-hydrogen) atoms. The molecular weight excluding hydrogens is 562 g/mol. The van der Waals surface area contributed by atoms with Crippen LogP contribution in [0.3, 0.4) is 0 Å². The number of carboxylic acid groups (broad SMARTS) is 1. The van der Waals surface area contributed by atoms with E-state index < -0.39 is 11.6 Å². The Morgan fingerprint density at radius 2 is 1.83 bits per heavy atom. The highest BCUT2D eigenvalue weighted by Gasteiger charge is 2.39. The van der Waals surface area contributed by atoms with E-state index in [9.17, 15) is 15.0 Å². The second-order valence-corrected chi connectivity index (χ2v) is 13.7. The van der Waals surface area contributed by atoms with E-state index in [1.807, 2.05) is 74.1 Å². The molecule has 0 radical (unpaired) electrons. The number of aliphatic carboxylic acids is 1. The molecule has 1 aliphatic rings. The molecule has 4 aromatic rings. The number of thioether (sulfide) groups is 1. The van der Waals surface area contributed by atoms with Crippen molar-refractivity contribution in [2.45, 2.75) is 63.2 Å². The molecule has 0 amide bonds. The van der Waals surface area contributed by atoms with E-state index >= 15 is 0 Å². The number of hydrogen-bond donors (Lipinski definition) is 2. The van der Waals surface area contributed by atoms with Gasteiger partial charge in [-0.1, -0.05) is 84.8 Å². The van der Waals surface area contributed by atoms with Crippen LogP contribution >= 0.6 is 23.4 Å². The van der Waals surface area contributed by atoms with Gasteiger partial charge in [0.25, 0.3) is 0 Å². The van der Waals surface area contributed by atoms with Crippen molar-refractivity contribution >= 4 is 52.4 Å². The Morgan fingerprint density at radius 1 is 1.05 bits per heavy atom. The first-order chi connectivity index (χ1) is 20.1. The van der Waals surface area contributed by atoms with Gasteiger partial charge in [-0.15, -0.1) is 0 Å². The lowest BCUT2D eigenvalue weighted by Crippen LogP contribution is -2.34. The second kappa shape index (κ2) is 13.0. The summed E-state index contributed by atoms with van der Waals surface area (Å²) in [5, 5.41) is 22.2. The van der Waals surface area contributed by atoms with Gasteiger partial charge < -0.3 is 10.2 Å². The molecule has 5 rings (SSSR count). The summed E-state index contributed by atoms with van der Waals surface area (Å²) in [5.74, 6) is 0.128. The first kappa shape index (κ1) is 30.3. The van der Waals surface area contributed by atoms with Crippen LogP contribution in [0.4, 0.5) is 0 Å². The maximum absolute atomic E-state index is 11.6. The van der Waals surface area contributed by atoms with Gasteiger partial charge in [0, 0.05) is 21.4 Å². The van der Waals surface area contributed by atoms with Gasteiger partial charge >= 0.3 is 5.97 Å². The minimum absolute atomic E-state index is 0.109. The molecule has 1 fully saturated rings. The normalized spacial score (nSPS) is 15.5. The minimum atomic E-state index is -0.913. The Hall–Kier alpha value is -3.12. The molecule has 1 saturated carbocycles. The number of aromatic nitrogens is 1. The molecule has 218 valence electrons. The summed E-state index contributed by atoms with van der Waals surface area (Å²) < 4.78 is 0. The first-order valence-electron chi connectivity index (χ1n) is 14.6. The summed E-state index contributed by atoms with van der Waals surface area (Å²) in [6, 6.07) is 26.5. The number of rotatable bonds is 12. The van der Waals surface area contributed by atoms with Crippen molar-refractivity contribution in [1.82, 2.24) is 4.98 Å². The number of carbonyl (C=O) groups is 1. The molecule has 0 spiro atoms. The first-order valence-corrected chi connectivity index (χ1v) is 16.0. The Morgan fingerprint density at radius 3 is 2.57 bits per heavy atom. The summed E-state index contributed by atoms with van der Waals surface area (Å²) in [7, 11) is 0. The topological polar surface area (TPSA) is 70.4 Å². The van der Waals surface area contributed by atoms with E-state index in [-0.39, 0.29) is 17.1 Å². The van der Waals surface area contributed by atoms with Gasteiger partial charge in [0.1, 0.15) is 0 Å². The van der Waals surface area contributed by atoms with Crippen molar-refractivity contribution in [1.29, 1.82) is 0 Å². The number of halogens is 1. The second-order valence-electron chi connectivity index (χ2n) is 12.1. The van der Waals surface area contributed by atoms with Gasteiger partial charge in [-0.25, -0.2) is 4.98 Å². The van der Waals surface area contributed by atoms with Crippen LogP contribution in [0.1, 0.15) is 79.1 Å². The summed E-state index contributed by atoms with van der Waals surface area (Å²) in [6.07, 6.45) is 9.13. The van der Waals surface area contributed by atoms with Crippen molar-refractivity contribution < 1.29 is 15.0 Å². The zero-order valence-corrected chi connectivity index (χ0v) is 25.8. The fourth-order valence-electron chi connectivity index (χ4n) is 5.86. The molecule has 0 bridgehead atoms. The van der Waals surface area contributed by atoms with Crippen LogP contribution in [0.5, 0.6) is 0 Å². The van der Waals surface area contributed by atoms with Gasteiger partial charge in [-0.2, -0.15) is 11.8 Å². The molecule has 2 N–H and O–H groups in total. The number of fused-ring (bicyclic) bond motifs is 1. The fourth-order valence-corrected chi connectivity index (χ4v) is 7.59. The third-order valence-electron chi connectivity index (χ3n) is 8.29. The van der Waals surface area contributed by atoms with Crippen LogP contribution in [0.25, 0.3) is 23.1 Å². The van der Waals surface area contributed by atoms with Crippen LogP contribution in [0, 0.1) is 5.41 Å². The quantitative estimate of drug-likeness (QED) is 0.170. The third kappa shape index (κ3) is 7.63. The van der Waals surface area contributed by atoms with Crippen molar-refractivity contribution in [3.05, 3.63) is 112 Å². The monoisotopic (exact) mass is 599 g/mol. The van der Waals surface area contributed by atoms with Crippen molar-refractivity contribution in [2.75, 3.05) is 5.75 Å². The molecule has 6 heteroatoms. The highest BCUT2D eigenvalue weighted by atomic mass is 35.5. The van der Waals surface area contributed by atoms with Crippen LogP contribution in [-0.2, 0) is 16.8 Å². The molecule has 4 nitrogen and oxygen atoms in total. The summed E-state index contributed by atoms with van der Waals surface area (Å²) >= 11 is 8.06. The van der Waals surface area contributed by atoms with Gasteiger partial charge in [0.05, 0.1) is 23.2 Å². The van der Waals surface area contributed by atoms with Crippen molar-refractivity contribution in [2.24, 2.45) is 5.41 Å². The number of benzene rings is 3. The maximum atomic E-state index is 11.6. The van der Waals surface area contributed by atoms with E-state index in [0.717, 1.165) is 71.1 Å². The maximum Gasteiger partial charge on any atom is 0.303 e. The number of hydrogen-bond acceptors (Lipinski definition) is 4. The molecule has 3 aromatic carbocycles. The number of pyridine rings is 1. The number of aliphatic hydroxyl groups is 1. The molecule has 0 unspecified atom stereocenters. The van der Waals surface area contributed by atoms with E-state index in [1.165, 1.54) is 5.56 Å². The third-order valence-corrected chi connectivity index (χ3v) is 10.2. The molecule has 0 aliphatic heterocycles. The van der Waals surface area contributed by atoms with Gasteiger partial charge in [-0.3, -0.25) is 4.79 Å². The lowest BCUT2D eigenvalue weighted by molar-refractivity contribution is -0.140. The van der Waals surface area contributed by atoms with Crippen LogP contribution < -0.4 is 0 Å². The average Bonchev–Trinajstić information content (AvgIpc) is 2.94. The van der Waals surface area contributed by atoms with Crippen LogP contribution in [0.15, 0.2) is 78.9 Å². The highest BCUT2D eigenvalue weighted by Crippen LogP contribution is 2.49. The van der Waals surface area contributed by atoms with E-state index in [4.69, 9.17) is 16.6 Å². The summed E-state index contributed by atoms with van der Waals surface area (Å²) in [4.78, 5) is 16.4. The highest BCUT2D eigenvalue weighted by molar-refractivity contribution is 7.99. The Balaban J connectivity index is 1.38. The standard InChI is InChI=1S/C36H38ClNO3S/c1-35(2,41)31-10-4-3-8-26(31)14-18-33(42-24-36(19-6-20-36)23-34(39)40)28-9-5-7-25(21-28)11-16-30-17-13-27-12-15-29(37)22-32(27)38-30/h3-5,7-13,15-17,21-22,33,41H,6,14,18-20,23-24H2,1-2H3,(H,39,40)/b16-11+/t33-/m1/s1. The van der Waals surface area contributed by atoms with Gasteiger partial charge in [-0.05, 0) is 91.5 Å². The molecule has 0 saturated heterocycles. The van der Waals surface area contributed by atoms with E-state index in [0.29, 0.717) is 5.02 Å². The molecule has 1 heterocycles. The summed E-state index contributed by atoms with van der Waals surface area (Å²) in [6.45, 7) is 3.66. The Bertz CT molecular complexity index is 1590. The molecular formula is C36H38ClNO3S. The number of carboxylic acids is 1. The number of nitrogens with zero attached hydrogens (tertiary/aromatic N) is 1. The molecule has 1 aromatic heterocycles. The SMILES string of the molecule is CC(C)(O)c1ccccc1CC[C@@H](SCC1(CC(=O)O)CCC1)c1cccc(/C=C/c2ccc3ccc(Cl)cc3n2)c1. The lowest BCUT2D eigenvalue weighted by atomic mass is 9.68. The largest absolute Gasteiger partial charge is 0.481 e. The van der Waals surface area contributed by atoms with Crippen LogP contribution in [0.2, 0.25) is 5.02 Å². The predicted molar refractivity (Wildman–Crippen MR) is 176 cm³/mol. The predicted octanol–water partition coefficient (Wildman–Crippen LogP) is 9.34. The average molecular weight is 600 g/mol. The van der Waals surface area contributed by atoms with Crippen molar-refractivity contribution in [3.63, 3.8) is 0 Å². The van der Waals surface area contributed by atoms with Gasteiger partial charge in [0.2, 0.25) is 0 Å². The summed E-state index contributed by atoms with van der Waals surface area (Å²) in [5.41, 5.74) is 5.13. The fraction of sp³-hybridized carbons (Fsp3) is 0.333. The van der Waals surface area contributed by atoms with Crippen molar-refractivity contribution in [3.8, 4) is 0 Å². The minimum Gasteiger partial charge on any atom is -0.481 e. The van der Waals surface area contributed by atoms with Crippen LogP contribution in [-0.4, -0.2) is 26.9 Å². The number of aryl methyl sites for hydroxylation is 1. The Labute approximate surface area is 257 Å².